The van der Waals surface area contributed by atoms with Gasteiger partial charge >= 0.3 is 0 Å². The van der Waals surface area contributed by atoms with Crippen LogP contribution in [-0.4, -0.2) is 37.1 Å². The maximum absolute atomic E-state index is 4.42. The molecule has 1 aromatic heterocycles. The topological polar surface area (TPSA) is 28.2 Å². The van der Waals surface area contributed by atoms with Crippen molar-refractivity contribution in [2.45, 2.75) is 12.5 Å². The van der Waals surface area contributed by atoms with Crippen molar-refractivity contribution < 1.29 is 0 Å². The van der Waals surface area contributed by atoms with Crippen LogP contribution in [0.1, 0.15) is 17.3 Å². The van der Waals surface area contributed by atoms with Crippen LogP contribution in [-0.2, 0) is 6.42 Å². The average molecular weight is 191 g/mol. The van der Waals surface area contributed by atoms with Crippen molar-refractivity contribution in [3.63, 3.8) is 0 Å². The predicted octanol–water partition coefficient (Wildman–Crippen LogP) is 0.830. The van der Waals surface area contributed by atoms with E-state index in [9.17, 15) is 0 Å². The molecule has 1 unspecified atom stereocenters. The summed E-state index contributed by atoms with van der Waals surface area (Å²) >= 11 is 0. The number of pyridine rings is 1. The number of nitrogens with zero attached hydrogens (tertiary/aromatic N) is 2. The van der Waals surface area contributed by atoms with Gasteiger partial charge in [-0.15, -0.1) is 0 Å². The number of hydrogen-bond donors (Lipinski definition) is 1. The summed E-state index contributed by atoms with van der Waals surface area (Å²) in [4.78, 5) is 6.63. The third-order valence-corrected chi connectivity index (χ3v) is 2.60. The maximum Gasteiger partial charge on any atom is 0.0467 e. The van der Waals surface area contributed by atoms with Gasteiger partial charge in [0, 0.05) is 37.4 Å². The zero-order valence-corrected chi connectivity index (χ0v) is 8.83. The molecule has 1 aromatic rings. The third kappa shape index (κ3) is 1.94. The minimum atomic E-state index is 0.447. The van der Waals surface area contributed by atoms with Gasteiger partial charge in [-0.1, -0.05) is 6.07 Å². The zero-order chi connectivity index (χ0) is 9.97. The standard InChI is InChI=1S/C11H17N3/c1-14(2)8-11-9-4-3-6-12-10(9)5-7-13-11/h3-4,6,11,13H,5,7-8H2,1-2H3. The van der Waals surface area contributed by atoms with Crippen LogP contribution in [0.15, 0.2) is 18.3 Å². The Bertz CT molecular complexity index is 309. The molecular weight excluding hydrogens is 174 g/mol. The fourth-order valence-corrected chi connectivity index (χ4v) is 1.98. The summed E-state index contributed by atoms with van der Waals surface area (Å²) < 4.78 is 0. The highest BCUT2D eigenvalue weighted by atomic mass is 15.1. The fraction of sp³-hybridized carbons (Fsp3) is 0.545. The van der Waals surface area contributed by atoms with Gasteiger partial charge in [-0.2, -0.15) is 0 Å². The van der Waals surface area contributed by atoms with E-state index >= 15 is 0 Å². The number of aromatic nitrogens is 1. The SMILES string of the molecule is CN(C)CC1NCCc2ncccc21. The lowest BCUT2D eigenvalue weighted by Gasteiger charge is -2.28. The van der Waals surface area contributed by atoms with E-state index in [4.69, 9.17) is 0 Å². The van der Waals surface area contributed by atoms with E-state index in [2.05, 4.69) is 35.4 Å². The van der Waals surface area contributed by atoms with Crippen LogP contribution < -0.4 is 5.32 Å². The number of likely N-dealkylation sites (N-methyl/N-ethyl adjacent to an activating group) is 1. The highest BCUT2D eigenvalue weighted by Gasteiger charge is 2.20. The van der Waals surface area contributed by atoms with Gasteiger partial charge in [0.2, 0.25) is 0 Å². The Morgan fingerprint density at radius 2 is 2.43 bits per heavy atom. The van der Waals surface area contributed by atoms with Crippen LogP contribution in [0.25, 0.3) is 0 Å². The summed E-state index contributed by atoms with van der Waals surface area (Å²) in [5, 5.41) is 3.52. The van der Waals surface area contributed by atoms with Gasteiger partial charge in [0.1, 0.15) is 0 Å². The van der Waals surface area contributed by atoms with E-state index in [1.807, 2.05) is 12.3 Å². The van der Waals surface area contributed by atoms with E-state index < -0.39 is 0 Å². The molecule has 14 heavy (non-hydrogen) atoms. The second kappa shape index (κ2) is 4.07. The monoisotopic (exact) mass is 191 g/mol. The quantitative estimate of drug-likeness (QED) is 0.750. The van der Waals surface area contributed by atoms with E-state index in [1.165, 1.54) is 11.3 Å². The first-order valence-corrected chi connectivity index (χ1v) is 5.09. The first kappa shape index (κ1) is 9.62. The lowest BCUT2D eigenvalue weighted by atomic mass is 9.99. The molecule has 0 aliphatic carbocycles. The van der Waals surface area contributed by atoms with Crippen LogP contribution >= 0.6 is 0 Å². The highest BCUT2D eigenvalue weighted by molar-refractivity contribution is 5.26. The van der Waals surface area contributed by atoms with Crippen LogP contribution in [0.4, 0.5) is 0 Å². The Balaban J connectivity index is 2.22. The first-order valence-electron chi connectivity index (χ1n) is 5.09. The smallest absolute Gasteiger partial charge is 0.0467 e. The number of hydrogen-bond acceptors (Lipinski definition) is 3. The molecule has 1 atom stereocenters. The third-order valence-electron chi connectivity index (χ3n) is 2.60. The van der Waals surface area contributed by atoms with Crippen LogP contribution in [0.2, 0.25) is 0 Å². The molecule has 0 bridgehead atoms. The molecule has 0 aromatic carbocycles. The van der Waals surface area contributed by atoms with Crippen molar-refractivity contribution in [2.75, 3.05) is 27.2 Å². The molecule has 0 fully saturated rings. The van der Waals surface area contributed by atoms with Crippen LogP contribution in [0.5, 0.6) is 0 Å². The minimum absolute atomic E-state index is 0.447. The van der Waals surface area contributed by atoms with Gasteiger partial charge in [0.15, 0.2) is 0 Å². The number of nitrogens with one attached hydrogen (secondary N) is 1. The van der Waals surface area contributed by atoms with Gasteiger partial charge in [0.25, 0.3) is 0 Å². The van der Waals surface area contributed by atoms with Crippen LogP contribution in [0, 0.1) is 0 Å². The van der Waals surface area contributed by atoms with Gasteiger partial charge < -0.3 is 10.2 Å². The lowest BCUT2D eigenvalue weighted by molar-refractivity contribution is 0.333. The van der Waals surface area contributed by atoms with Crippen molar-refractivity contribution >= 4 is 0 Å². The molecule has 1 aliphatic heterocycles. The van der Waals surface area contributed by atoms with Crippen molar-refractivity contribution in [1.29, 1.82) is 0 Å². The van der Waals surface area contributed by atoms with E-state index in [0.29, 0.717) is 6.04 Å². The summed E-state index contributed by atoms with van der Waals surface area (Å²) in [6, 6.07) is 4.65. The fourth-order valence-electron chi connectivity index (χ4n) is 1.98. The van der Waals surface area contributed by atoms with E-state index in [-0.39, 0.29) is 0 Å². The molecule has 3 nitrogen and oxygen atoms in total. The number of rotatable bonds is 2. The van der Waals surface area contributed by atoms with Gasteiger partial charge in [0.05, 0.1) is 0 Å². The Hall–Kier alpha value is -0.930. The second-order valence-corrected chi connectivity index (χ2v) is 4.06. The Labute approximate surface area is 85.1 Å². The van der Waals surface area contributed by atoms with Gasteiger partial charge in [-0.05, 0) is 25.7 Å². The van der Waals surface area contributed by atoms with E-state index in [1.54, 1.807) is 0 Å². The lowest BCUT2D eigenvalue weighted by Crippen LogP contribution is -2.36. The van der Waals surface area contributed by atoms with Crippen molar-refractivity contribution in [3.8, 4) is 0 Å². The summed E-state index contributed by atoms with van der Waals surface area (Å²) in [6.07, 6.45) is 2.94. The van der Waals surface area contributed by atoms with Crippen LogP contribution in [0.3, 0.4) is 0 Å². The molecular formula is C11H17N3. The van der Waals surface area contributed by atoms with Crippen molar-refractivity contribution in [3.05, 3.63) is 29.6 Å². The predicted molar refractivity (Wildman–Crippen MR) is 57.2 cm³/mol. The Kier molecular flexibility index (Phi) is 2.79. The van der Waals surface area contributed by atoms with Crippen molar-refractivity contribution in [2.24, 2.45) is 0 Å². The molecule has 0 amide bonds. The molecule has 1 N–H and O–H groups in total. The summed E-state index contributed by atoms with van der Waals surface area (Å²) in [5.41, 5.74) is 2.63. The van der Waals surface area contributed by atoms with E-state index in [0.717, 1.165) is 19.5 Å². The summed E-state index contributed by atoms with van der Waals surface area (Å²) in [7, 11) is 4.21. The largest absolute Gasteiger partial charge is 0.308 e. The molecule has 0 saturated carbocycles. The first-order chi connectivity index (χ1) is 6.77. The molecule has 0 spiro atoms. The van der Waals surface area contributed by atoms with Crippen molar-refractivity contribution in [1.82, 2.24) is 15.2 Å². The zero-order valence-electron chi connectivity index (χ0n) is 8.83. The second-order valence-electron chi connectivity index (χ2n) is 4.06. The molecule has 76 valence electrons. The molecule has 0 radical (unpaired) electrons. The number of fused-ring (bicyclic) bond motifs is 1. The highest BCUT2D eigenvalue weighted by Crippen LogP contribution is 2.20. The summed E-state index contributed by atoms with van der Waals surface area (Å²) in [6.45, 7) is 2.08. The molecule has 1 aliphatic rings. The molecule has 2 heterocycles. The normalized spacial score (nSPS) is 20.9. The Morgan fingerprint density at radius 3 is 3.21 bits per heavy atom. The summed E-state index contributed by atoms with van der Waals surface area (Å²) in [5.74, 6) is 0. The molecule has 2 rings (SSSR count). The van der Waals surface area contributed by atoms with Gasteiger partial charge in [-0.3, -0.25) is 4.98 Å². The molecule has 3 heteroatoms. The maximum atomic E-state index is 4.42. The molecule has 0 saturated heterocycles. The van der Waals surface area contributed by atoms with Gasteiger partial charge in [-0.25, -0.2) is 0 Å². The minimum Gasteiger partial charge on any atom is -0.308 e. The average Bonchev–Trinajstić information content (AvgIpc) is 2.18. The Morgan fingerprint density at radius 1 is 1.57 bits per heavy atom.